The van der Waals surface area contributed by atoms with E-state index >= 15 is 0 Å². The van der Waals surface area contributed by atoms with E-state index in [4.69, 9.17) is 16.3 Å². The Labute approximate surface area is 166 Å². The summed E-state index contributed by atoms with van der Waals surface area (Å²) in [6, 6.07) is 18.3. The van der Waals surface area contributed by atoms with Crippen LogP contribution < -0.4 is 0 Å². The van der Waals surface area contributed by atoms with Crippen molar-refractivity contribution in [3.63, 3.8) is 0 Å². The molecular weight excluding hydrogens is 376 g/mol. The first kappa shape index (κ1) is 18.2. The van der Waals surface area contributed by atoms with Gasteiger partial charge in [0.25, 0.3) is 5.91 Å². The smallest absolute Gasteiger partial charge is 0.339 e. The fourth-order valence-electron chi connectivity index (χ4n) is 3.34. The van der Waals surface area contributed by atoms with Crippen molar-refractivity contribution in [3.8, 4) is 0 Å². The Hall–Kier alpha value is -3.18. The van der Waals surface area contributed by atoms with E-state index in [1.165, 1.54) is 18.3 Å². The molecule has 1 unspecified atom stereocenters. The summed E-state index contributed by atoms with van der Waals surface area (Å²) in [6.07, 6.45) is 0.859. The molecule has 0 aliphatic rings. The first-order valence-electron chi connectivity index (χ1n) is 8.95. The standard InChI is InChI=1S/C22H17ClN2O3/c1-2-19(28-22(27)14-11-12-24-20(23)13-14)21(26)25-17-9-5-3-7-15(17)16-8-4-6-10-18(16)25/h3-13,19H,2H2,1H3. The molecule has 0 radical (unpaired) electrons. The fraction of sp³-hybridized carbons (Fsp3) is 0.136. The normalized spacial score (nSPS) is 12.2. The number of hydrogen-bond donors (Lipinski definition) is 0. The third-order valence-electron chi connectivity index (χ3n) is 4.66. The van der Waals surface area contributed by atoms with E-state index in [2.05, 4.69) is 4.98 Å². The van der Waals surface area contributed by atoms with Gasteiger partial charge in [-0.05, 0) is 30.7 Å². The van der Waals surface area contributed by atoms with Crippen LogP contribution in [0.1, 0.15) is 28.5 Å². The highest BCUT2D eigenvalue weighted by atomic mass is 35.5. The van der Waals surface area contributed by atoms with Gasteiger partial charge < -0.3 is 4.74 Å². The van der Waals surface area contributed by atoms with Crippen LogP contribution in [-0.2, 0) is 4.74 Å². The molecule has 5 nitrogen and oxygen atoms in total. The third-order valence-corrected chi connectivity index (χ3v) is 4.86. The van der Waals surface area contributed by atoms with Gasteiger partial charge in [-0.1, -0.05) is 54.9 Å². The maximum atomic E-state index is 13.3. The Morgan fingerprint density at radius 3 is 2.21 bits per heavy atom. The number of benzene rings is 2. The van der Waals surface area contributed by atoms with Gasteiger partial charge in [0, 0.05) is 17.0 Å². The van der Waals surface area contributed by atoms with Crippen molar-refractivity contribution in [2.75, 3.05) is 0 Å². The molecule has 0 fully saturated rings. The molecule has 2 heterocycles. The number of rotatable bonds is 4. The van der Waals surface area contributed by atoms with Gasteiger partial charge in [0.1, 0.15) is 5.15 Å². The number of fused-ring (bicyclic) bond motifs is 3. The molecule has 4 rings (SSSR count). The van der Waals surface area contributed by atoms with Gasteiger partial charge in [-0.3, -0.25) is 9.36 Å². The summed E-state index contributed by atoms with van der Waals surface area (Å²) in [6.45, 7) is 1.81. The first-order valence-corrected chi connectivity index (χ1v) is 9.33. The van der Waals surface area contributed by atoms with Crippen LogP contribution in [0.25, 0.3) is 21.8 Å². The number of pyridine rings is 1. The van der Waals surface area contributed by atoms with Crippen LogP contribution in [0.5, 0.6) is 0 Å². The Bertz CT molecular complexity index is 1150. The van der Waals surface area contributed by atoms with Gasteiger partial charge in [0.05, 0.1) is 16.6 Å². The van der Waals surface area contributed by atoms with Gasteiger partial charge in [0.2, 0.25) is 0 Å². The Morgan fingerprint density at radius 1 is 1.04 bits per heavy atom. The fourth-order valence-corrected chi connectivity index (χ4v) is 3.51. The van der Waals surface area contributed by atoms with E-state index < -0.39 is 12.1 Å². The van der Waals surface area contributed by atoms with Crippen LogP contribution in [0.15, 0.2) is 66.9 Å². The van der Waals surface area contributed by atoms with E-state index in [0.29, 0.717) is 6.42 Å². The molecule has 0 N–H and O–H groups in total. The largest absolute Gasteiger partial charge is 0.449 e. The first-order chi connectivity index (χ1) is 13.6. The number of halogens is 1. The molecule has 0 aliphatic heterocycles. The van der Waals surface area contributed by atoms with Gasteiger partial charge in [-0.15, -0.1) is 0 Å². The molecule has 28 heavy (non-hydrogen) atoms. The summed E-state index contributed by atoms with van der Waals surface area (Å²) in [7, 11) is 0. The zero-order chi connectivity index (χ0) is 19.7. The minimum atomic E-state index is -0.918. The maximum Gasteiger partial charge on any atom is 0.339 e. The number of ether oxygens (including phenoxy) is 1. The Balaban J connectivity index is 1.74. The van der Waals surface area contributed by atoms with E-state index in [0.717, 1.165) is 21.8 Å². The molecule has 140 valence electrons. The van der Waals surface area contributed by atoms with Crippen molar-refractivity contribution in [2.45, 2.75) is 19.4 Å². The summed E-state index contributed by atoms with van der Waals surface area (Å²) in [4.78, 5) is 29.7. The summed E-state index contributed by atoms with van der Waals surface area (Å²) in [5.74, 6) is -0.890. The SMILES string of the molecule is CCC(OC(=O)c1ccnc(Cl)c1)C(=O)n1c2ccccc2c2ccccc21. The molecule has 6 heteroatoms. The van der Waals surface area contributed by atoms with E-state index in [1.807, 2.05) is 55.5 Å². The molecule has 4 aromatic rings. The third kappa shape index (κ3) is 3.14. The highest BCUT2D eigenvalue weighted by molar-refractivity contribution is 6.29. The van der Waals surface area contributed by atoms with Crippen molar-refractivity contribution in [3.05, 3.63) is 77.6 Å². The number of carbonyl (C=O) groups is 2. The monoisotopic (exact) mass is 392 g/mol. The summed E-state index contributed by atoms with van der Waals surface area (Å²) >= 11 is 5.84. The quantitative estimate of drug-likeness (QED) is 0.357. The highest BCUT2D eigenvalue weighted by Crippen LogP contribution is 2.29. The average Bonchev–Trinajstić information content (AvgIpc) is 3.06. The predicted molar refractivity (Wildman–Crippen MR) is 109 cm³/mol. The highest BCUT2D eigenvalue weighted by Gasteiger charge is 2.26. The molecule has 0 saturated heterocycles. The van der Waals surface area contributed by atoms with Crippen molar-refractivity contribution in [1.29, 1.82) is 0 Å². The van der Waals surface area contributed by atoms with Crippen LogP contribution in [0, 0.1) is 0 Å². The summed E-state index contributed by atoms with van der Waals surface area (Å²) in [5, 5.41) is 2.15. The van der Waals surface area contributed by atoms with Crippen LogP contribution in [0.2, 0.25) is 5.15 Å². The topological polar surface area (TPSA) is 61.2 Å². The van der Waals surface area contributed by atoms with Crippen LogP contribution in [0.4, 0.5) is 0 Å². The van der Waals surface area contributed by atoms with Crippen molar-refractivity contribution in [2.24, 2.45) is 0 Å². The van der Waals surface area contributed by atoms with E-state index in [9.17, 15) is 9.59 Å². The number of nitrogens with zero attached hydrogens (tertiary/aromatic N) is 2. The summed E-state index contributed by atoms with van der Waals surface area (Å²) in [5.41, 5.74) is 1.83. The molecule has 0 bridgehead atoms. The molecule has 1 atom stereocenters. The van der Waals surface area contributed by atoms with E-state index in [-0.39, 0.29) is 16.6 Å². The summed E-state index contributed by atoms with van der Waals surface area (Å²) < 4.78 is 7.16. The second-order valence-electron chi connectivity index (χ2n) is 6.38. The van der Waals surface area contributed by atoms with Crippen LogP contribution in [-0.4, -0.2) is 27.5 Å². The molecule has 2 aromatic heterocycles. The molecule has 2 aromatic carbocycles. The lowest BCUT2D eigenvalue weighted by molar-refractivity contribution is 0.0245. The maximum absolute atomic E-state index is 13.3. The second kappa shape index (κ2) is 7.44. The molecule has 0 spiro atoms. The number of aromatic nitrogens is 2. The van der Waals surface area contributed by atoms with Crippen molar-refractivity contribution in [1.82, 2.24) is 9.55 Å². The molecule has 0 saturated carbocycles. The zero-order valence-electron chi connectivity index (χ0n) is 15.1. The lowest BCUT2D eigenvalue weighted by Crippen LogP contribution is -2.31. The molecule has 0 aliphatic carbocycles. The van der Waals surface area contributed by atoms with Gasteiger partial charge in [-0.2, -0.15) is 0 Å². The van der Waals surface area contributed by atoms with Crippen LogP contribution >= 0.6 is 11.6 Å². The van der Waals surface area contributed by atoms with Crippen molar-refractivity contribution < 1.29 is 14.3 Å². The minimum absolute atomic E-state index is 0.191. The molecular formula is C22H17ClN2O3. The Kier molecular flexibility index (Phi) is 4.84. The second-order valence-corrected chi connectivity index (χ2v) is 6.76. The molecule has 0 amide bonds. The lowest BCUT2D eigenvalue weighted by atomic mass is 10.2. The number of carbonyl (C=O) groups excluding carboxylic acids is 2. The van der Waals surface area contributed by atoms with Gasteiger partial charge >= 0.3 is 5.97 Å². The average molecular weight is 393 g/mol. The van der Waals surface area contributed by atoms with Crippen LogP contribution in [0.3, 0.4) is 0 Å². The van der Waals surface area contributed by atoms with Crippen molar-refractivity contribution >= 4 is 45.3 Å². The zero-order valence-corrected chi connectivity index (χ0v) is 15.9. The van der Waals surface area contributed by atoms with Gasteiger partial charge in [-0.25, -0.2) is 9.78 Å². The van der Waals surface area contributed by atoms with E-state index in [1.54, 1.807) is 4.57 Å². The Morgan fingerprint density at radius 2 is 1.64 bits per heavy atom. The number of esters is 1. The minimum Gasteiger partial charge on any atom is -0.449 e. The van der Waals surface area contributed by atoms with Gasteiger partial charge in [0.15, 0.2) is 6.10 Å². The number of para-hydroxylation sites is 2. The predicted octanol–water partition coefficient (Wildman–Crippen LogP) is 5.12. The number of hydrogen-bond acceptors (Lipinski definition) is 4. The lowest BCUT2D eigenvalue weighted by Gasteiger charge is -2.17.